The van der Waals surface area contributed by atoms with E-state index in [1.54, 1.807) is 18.2 Å². The highest BCUT2D eigenvalue weighted by Gasteiger charge is 2.21. The van der Waals surface area contributed by atoms with E-state index in [9.17, 15) is 12.8 Å². The summed E-state index contributed by atoms with van der Waals surface area (Å²) in [5.41, 5.74) is 1.93. The summed E-state index contributed by atoms with van der Waals surface area (Å²) in [6.07, 6.45) is 1.23. The molecular weight excluding hydrogens is 343 g/mol. The molecule has 2 rings (SSSR count). The lowest BCUT2D eigenvalue weighted by Gasteiger charge is -2.24. The van der Waals surface area contributed by atoms with Gasteiger partial charge < -0.3 is 10.1 Å². The molecule has 2 N–H and O–H groups in total. The van der Waals surface area contributed by atoms with Crippen molar-refractivity contribution in [1.29, 1.82) is 0 Å². The lowest BCUT2D eigenvalue weighted by Crippen LogP contribution is -2.37. The molecule has 0 amide bonds. The van der Waals surface area contributed by atoms with Crippen LogP contribution in [0.1, 0.15) is 24.5 Å². The number of sulfonamides is 1. The Kier molecular flexibility index (Phi) is 8.42. The van der Waals surface area contributed by atoms with E-state index in [0.717, 1.165) is 11.1 Å². The van der Waals surface area contributed by atoms with Crippen LogP contribution in [0.3, 0.4) is 0 Å². The minimum atomic E-state index is -3.51. The second kappa shape index (κ2) is 9.54. The van der Waals surface area contributed by atoms with Gasteiger partial charge in [0.05, 0.1) is 4.90 Å². The van der Waals surface area contributed by atoms with Gasteiger partial charge in [-0.25, -0.2) is 17.5 Å². The monoisotopic (exact) mass is 366 g/mol. The van der Waals surface area contributed by atoms with Gasteiger partial charge in [-0.2, -0.15) is 0 Å². The van der Waals surface area contributed by atoms with Crippen LogP contribution in [0.5, 0.6) is 0 Å². The fraction of sp³-hybridized carbons (Fsp3) is 0.600. The van der Waals surface area contributed by atoms with Gasteiger partial charge in [0, 0.05) is 32.3 Å². The molecule has 0 radical (unpaired) electrons. The molecule has 8 heteroatoms. The minimum absolute atomic E-state index is 0. The molecule has 1 aliphatic rings. The van der Waals surface area contributed by atoms with Crippen molar-refractivity contribution in [3.63, 3.8) is 0 Å². The number of hydrogen-bond donors (Lipinski definition) is 2. The maximum absolute atomic E-state index is 12.7. The van der Waals surface area contributed by atoms with Crippen molar-refractivity contribution < 1.29 is 17.5 Å². The molecule has 1 aliphatic heterocycles. The van der Waals surface area contributed by atoms with Gasteiger partial charge in [-0.05, 0) is 43.0 Å². The van der Waals surface area contributed by atoms with Gasteiger partial charge in [0.1, 0.15) is 6.67 Å². The van der Waals surface area contributed by atoms with E-state index in [4.69, 9.17) is 4.74 Å². The molecule has 0 spiro atoms. The SMILES string of the molecule is CCOCCCNS(=O)(=O)c1ccc2c(c1)CNC(CF)C2.Cl. The van der Waals surface area contributed by atoms with Gasteiger partial charge in [-0.15, -0.1) is 12.4 Å². The number of rotatable bonds is 8. The predicted octanol–water partition coefficient (Wildman–Crippen LogP) is 1.80. The summed E-state index contributed by atoms with van der Waals surface area (Å²) in [5, 5.41) is 3.06. The summed E-state index contributed by atoms with van der Waals surface area (Å²) in [6, 6.07) is 4.87. The van der Waals surface area contributed by atoms with E-state index >= 15 is 0 Å². The van der Waals surface area contributed by atoms with E-state index in [-0.39, 0.29) is 23.3 Å². The Labute approximate surface area is 143 Å². The number of hydrogen-bond acceptors (Lipinski definition) is 4. The number of ether oxygens (including phenoxy) is 1. The van der Waals surface area contributed by atoms with Crippen molar-refractivity contribution >= 4 is 22.4 Å². The molecule has 0 fully saturated rings. The second-order valence-electron chi connectivity index (χ2n) is 5.32. The van der Waals surface area contributed by atoms with Crippen LogP contribution in [0.2, 0.25) is 0 Å². The van der Waals surface area contributed by atoms with E-state index in [1.807, 2.05) is 6.92 Å². The predicted molar refractivity (Wildman–Crippen MR) is 90.3 cm³/mol. The molecule has 0 aliphatic carbocycles. The maximum atomic E-state index is 12.7. The van der Waals surface area contributed by atoms with Crippen LogP contribution in [-0.2, 0) is 27.7 Å². The topological polar surface area (TPSA) is 67.4 Å². The van der Waals surface area contributed by atoms with Crippen LogP contribution in [-0.4, -0.2) is 40.9 Å². The molecular formula is C15H24ClFN2O3S. The molecule has 0 saturated heterocycles. The van der Waals surface area contributed by atoms with Gasteiger partial charge in [-0.3, -0.25) is 0 Å². The van der Waals surface area contributed by atoms with Crippen molar-refractivity contribution in [2.45, 2.75) is 37.2 Å². The highest BCUT2D eigenvalue weighted by Crippen LogP contribution is 2.21. The normalized spacial score (nSPS) is 17.4. The van der Waals surface area contributed by atoms with Crippen molar-refractivity contribution in [2.75, 3.05) is 26.4 Å². The zero-order valence-electron chi connectivity index (χ0n) is 13.2. The Hall–Kier alpha value is -0.730. The largest absolute Gasteiger partial charge is 0.382 e. The summed E-state index contributed by atoms with van der Waals surface area (Å²) in [6.45, 7) is 3.50. The maximum Gasteiger partial charge on any atom is 0.240 e. The van der Waals surface area contributed by atoms with Gasteiger partial charge in [-0.1, -0.05) is 6.07 Å². The number of benzene rings is 1. The summed E-state index contributed by atoms with van der Waals surface area (Å²) in [5.74, 6) is 0. The van der Waals surface area contributed by atoms with Crippen LogP contribution in [0.25, 0.3) is 0 Å². The number of nitrogens with one attached hydrogen (secondary N) is 2. The van der Waals surface area contributed by atoms with E-state index in [0.29, 0.717) is 39.1 Å². The van der Waals surface area contributed by atoms with Crippen LogP contribution < -0.4 is 10.0 Å². The van der Waals surface area contributed by atoms with Gasteiger partial charge >= 0.3 is 0 Å². The van der Waals surface area contributed by atoms with Crippen LogP contribution in [0, 0.1) is 0 Å². The third-order valence-electron chi connectivity index (χ3n) is 3.68. The fourth-order valence-electron chi connectivity index (χ4n) is 2.44. The first-order chi connectivity index (χ1) is 10.6. The molecule has 1 heterocycles. The first kappa shape index (κ1) is 20.3. The first-order valence-corrected chi connectivity index (χ1v) is 9.03. The molecule has 1 atom stereocenters. The Morgan fingerprint density at radius 3 is 2.87 bits per heavy atom. The Balaban J connectivity index is 0.00000264. The molecule has 1 aromatic rings. The smallest absolute Gasteiger partial charge is 0.240 e. The first-order valence-electron chi connectivity index (χ1n) is 7.55. The molecule has 23 heavy (non-hydrogen) atoms. The van der Waals surface area contributed by atoms with E-state index < -0.39 is 16.7 Å². The summed E-state index contributed by atoms with van der Waals surface area (Å²) >= 11 is 0. The summed E-state index contributed by atoms with van der Waals surface area (Å²) < 4.78 is 44.9. The van der Waals surface area contributed by atoms with Crippen molar-refractivity contribution in [3.8, 4) is 0 Å². The molecule has 0 bridgehead atoms. The zero-order valence-corrected chi connectivity index (χ0v) is 14.8. The van der Waals surface area contributed by atoms with Crippen LogP contribution >= 0.6 is 12.4 Å². The molecule has 1 unspecified atom stereocenters. The lowest BCUT2D eigenvalue weighted by atomic mass is 9.96. The third-order valence-corrected chi connectivity index (χ3v) is 5.14. The molecule has 132 valence electrons. The lowest BCUT2D eigenvalue weighted by molar-refractivity contribution is 0.146. The Morgan fingerprint density at radius 2 is 2.17 bits per heavy atom. The van der Waals surface area contributed by atoms with E-state index in [2.05, 4.69) is 10.0 Å². The highest BCUT2D eigenvalue weighted by atomic mass is 35.5. The second-order valence-corrected chi connectivity index (χ2v) is 7.08. The molecule has 1 aromatic carbocycles. The number of alkyl halides is 1. The molecule has 5 nitrogen and oxygen atoms in total. The van der Waals surface area contributed by atoms with Crippen molar-refractivity contribution in [1.82, 2.24) is 10.0 Å². The third kappa shape index (κ3) is 5.69. The highest BCUT2D eigenvalue weighted by molar-refractivity contribution is 7.89. The van der Waals surface area contributed by atoms with Crippen LogP contribution in [0.4, 0.5) is 4.39 Å². The van der Waals surface area contributed by atoms with E-state index in [1.165, 1.54) is 0 Å². The minimum Gasteiger partial charge on any atom is -0.382 e. The summed E-state index contributed by atoms with van der Waals surface area (Å²) in [7, 11) is -3.51. The van der Waals surface area contributed by atoms with Gasteiger partial charge in [0.2, 0.25) is 10.0 Å². The zero-order chi connectivity index (χ0) is 16.0. The number of fused-ring (bicyclic) bond motifs is 1. The average Bonchev–Trinajstić information content (AvgIpc) is 2.53. The quantitative estimate of drug-likeness (QED) is 0.688. The van der Waals surface area contributed by atoms with Gasteiger partial charge in [0.15, 0.2) is 0 Å². The van der Waals surface area contributed by atoms with Gasteiger partial charge in [0.25, 0.3) is 0 Å². The van der Waals surface area contributed by atoms with Crippen LogP contribution in [0.15, 0.2) is 23.1 Å². The molecule has 0 saturated carbocycles. The average molecular weight is 367 g/mol. The molecule has 0 aromatic heterocycles. The summed E-state index contributed by atoms with van der Waals surface area (Å²) in [4.78, 5) is 0.253. The standard InChI is InChI=1S/C15H23FN2O3S.ClH/c1-2-21-7-3-6-18-22(19,20)15-5-4-12-8-14(10-16)17-11-13(12)9-15;/h4-5,9,14,17-18H,2-3,6-8,10-11H2,1H3;1H. The van der Waals surface area contributed by atoms with Crippen molar-refractivity contribution in [2.24, 2.45) is 0 Å². The Morgan fingerprint density at radius 1 is 1.39 bits per heavy atom. The van der Waals surface area contributed by atoms with Crippen molar-refractivity contribution in [3.05, 3.63) is 29.3 Å². The Bertz CT molecular complexity index is 598. The fourth-order valence-corrected chi connectivity index (χ4v) is 3.57. The number of halogens is 2.